The highest BCUT2D eigenvalue weighted by molar-refractivity contribution is 9.10. The quantitative estimate of drug-likeness (QED) is 0.899. The Hall–Kier alpha value is -1.07. The number of benzene rings is 1. The topological polar surface area (TPSA) is 58.4 Å². The molecule has 2 rings (SSSR count). The Morgan fingerprint density at radius 3 is 3.00 bits per heavy atom. The minimum absolute atomic E-state index is 0.0344. The smallest absolute Gasteiger partial charge is 0.321 e. The van der Waals surface area contributed by atoms with Crippen LogP contribution in [-0.2, 0) is 0 Å². The summed E-state index contributed by atoms with van der Waals surface area (Å²) in [6.07, 6.45) is 0.931. The van der Waals surface area contributed by atoms with Gasteiger partial charge in [-0.25, -0.2) is 4.79 Å². The molecule has 1 aromatic rings. The lowest BCUT2D eigenvalue weighted by Gasteiger charge is -2.33. The maximum Gasteiger partial charge on any atom is 0.321 e. The summed E-state index contributed by atoms with van der Waals surface area (Å²) in [5, 5.41) is 2.92. The van der Waals surface area contributed by atoms with Crippen molar-refractivity contribution >= 4 is 27.6 Å². The van der Waals surface area contributed by atoms with Gasteiger partial charge in [0, 0.05) is 17.6 Å². The van der Waals surface area contributed by atoms with Crippen LogP contribution in [0.25, 0.3) is 0 Å². The first kappa shape index (κ1) is 13.4. The zero-order chi connectivity index (χ0) is 13.1. The molecule has 1 aliphatic heterocycles. The Bertz CT molecular complexity index is 450. The molecule has 4 nitrogen and oxygen atoms in total. The molecular formula is C13H18BrN3O. The number of aryl methyl sites for hydroxylation is 1. The average Bonchev–Trinajstić information content (AvgIpc) is 2.33. The Balaban J connectivity index is 2.21. The number of halogens is 1. The van der Waals surface area contributed by atoms with Crippen molar-refractivity contribution in [2.75, 3.05) is 24.5 Å². The van der Waals surface area contributed by atoms with Crippen LogP contribution in [-0.4, -0.2) is 25.7 Å². The molecule has 1 fully saturated rings. The van der Waals surface area contributed by atoms with Crippen LogP contribution >= 0.6 is 15.9 Å². The minimum atomic E-state index is -0.0344. The fourth-order valence-electron chi connectivity index (χ4n) is 2.20. The van der Waals surface area contributed by atoms with E-state index in [4.69, 9.17) is 5.73 Å². The van der Waals surface area contributed by atoms with E-state index in [1.54, 1.807) is 4.90 Å². The van der Waals surface area contributed by atoms with Crippen molar-refractivity contribution < 1.29 is 4.79 Å². The van der Waals surface area contributed by atoms with Crippen molar-refractivity contribution in [2.24, 2.45) is 11.7 Å². The largest absolute Gasteiger partial charge is 0.337 e. The fourth-order valence-corrected chi connectivity index (χ4v) is 2.91. The number of carbonyl (C=O) groups is 1. The molecule has 3 N–H and O–H groups in total. The minimum Gasteiger partial charge on any atom is -0.337 e. The molecule has 18 heavy (non-hydrogen) atoms. The summed E-state index contributed by atoms with van der Waals surface area (Å²) in [5.41, 5.74) is 7.67. The zero-order valence-corrected chi connectivity index (χ0v) is 12.0. The van der Waals surface area contributed by atoms with E-state index in [1.807, 2.05) is 25.1 Å². The number of nitrogens with two attached hydrogens (primary N) is 1. The Kier molecular flexibility index (Phi) is 4.24. The predicted octanol–water partition coefficient (Wildman–Crippen LogP) is 2.25. The van der Waals surface area contributed by atoms with Crippen LogP contribution in [0.3, 0.4) is 0 Å². The number of rotatable bonds is 3. The third-order valence-corrected chi connectivity index (χ3v) is 3.83. The normalized spacial score (nSPS) is 19.8. The average molecular weight is 312 g/mol. The van der Waals surface area contributed by atoms with Crippen LogP contribution in [0.15, 0.2) is 22.7 Å². The van der Waals surface area contributed by atoms with Gasteiger partial charge in [-0.3, -0.25) is 4.90 Å². The van der Waals surface area contributed by atoms with Crippen LogP contribution in [0.4, 0.5) is 10.5 Å². The first-order valence-electron chi connectivity index (χ1n) is 6.13. The lowest BCUT2D eigenvalue weighted by Crippen LogP contribution is -2.51. The SMILES string of the molecule is Cc1ccc(N2CC(CCN)CNC2=O)c(Br)c1. The molecule has 1 atom stereocenters. The number of urea groups is 1. The van der Waals surface area contributed by atoms with Crippen LogP contribution in [0, 0.1) is 12.8 Å². The second-order valence-electron chi connectivity index (χ2n) is 4.69. The molecule has 1 heterocycles. The monoisotopic (exact) mass is 311 g/mol. The molecule has 0 bridgehead atoms. The molecule has 0 saturated carbocycles. The molecule has 5 heteroatoms. The number of hydrogen-bond donors (Lipinski definition) is 2. The standard InChI is InChI=1S/C13H18BrN3O/c1-9-2-3-12(11(14)6-9)17-8-10(4-5-15)7-16-13(17)18/h2-3,6,10H,4-5,7-8,15H2,1H3,(H,16,18). The van der Waals surface area contributed by atoms with Crippen LogP contribution < -0.4 is 16.0 Å². The zero-order valence-electron chi connectivity index (χ0n) is 10.4. The highest BCUT2D eigenvalue weighted by Gasteiger charge is 2.26. The van der Waals surface area contributed by atoms with Gasteiger partial charge in [0.15, 0.2) is 0 Å². The van der Waals surface area contributed by atoms with E-state index in [9.17, 15) is 4.79 Å². The van der Waals surface area contributed by atoms with E-state index in [-0.39, 0.29) is 6.03 Å². The molecule has 0 aliphatic carbocycles. The summed E-state index contributed by atoms with van der Waals surface area (Å²) >= 11 is 3.52. The Labute approximate surface area is 116 Å². The number of amides is 2. The van der Waals surface area contributed by atoms with Gasteiger partial charge in [0.05, 0.1) is 5.69 Å². The van der Waals surface area contributed by atoms with Crippen LogP contribution in [0.1, 0.15) is 12.0 Å². The number of carbonyl (C=O) groups excluding carboxylic acids is 1. The molecule has 1 unspecified atom stereocenters. The summed E-state index contributed by atoms with van der Waals surface area (Å²) in [4.78, 5) is 13.7. The summed E-state index contributed by atoms with van der Waals surface area (Å²) < 4.78 is 0.950. The summed E-state index contributed by atoms with van der Waals surface area (Å²) in [5.74, 6) is 0.418. The van der Waals surface area contributed by atoms with Gasteiger partial charge in [-0.05, 0) is 59.4 Å². The summed E-state index contributed by atoms with van der Waals surface area (Å²) in [6, 6.07) is 5.98. The molecule has 1 saturated heterocycles. The third kappa shape index (κ3) is 2.84. The van der Waals surface area contributed by atoms with E-state index in [0.29, 0.717) is 12.5 Å². The maximum atomic E-state index is 11.9. The van der Waals surface area contributed by atoms with Crippen molar-refractivity contribution in [3.8, 4) is 0 Å². The van der Waals surface area contributed by atoms with Crippen molar-refractivity contribution in [1.29, 1.82) is 0 Å². The van der Waals surface area contributed by atoms with Gasteiger partial charge in [0.25, 0.3) is 0 Å². The summed E-state index contributed by atoms with van der Waals surface area (Å²) in [7, 11) is 0. The second kappa shape index (κ2) is 5.71. The molecule has 0 spiro atoms. The highest BCUT2D eigenvalue weighted by atomic mass is 79.9. The van der Waals surface area contributed by atoms with E-state index < -0.39 is 0 Å². The Morgan fingerprint density at radius 1 is 1.56 bits per heavy atom. The molecule has 0 aromatic heterocycles. The predicted molar refractivity (Wildman–Crippen MR) is 76.8 cm³/mol. The molecule has 2 amide bonds. The molecule has 0 radical (unpaired) electrons. The van der Waals surface area contributed by atoms with Gasteiger partial charge in [0.2, 0.25) is 0 Å². The Morgan fingerprint density at radius 2 is 2.33 bits per heavy atom. The van der Waals surface area contributed by atoms with Crippen LogP contribution in [0.2, 0.25) is 0 Å². The van der Waals surface area contributed by atoms with E-state index in [2.05, 4.69) is 21.2 Å². The number of nitrogens with zero attached hydrogens (tertiary/aromatic N) is 1. The molecule has 1 aliphatic rings. The molecular weight excluding hydrogens is 294 g/mol. The van der Waals surface area contributed by atoms with E-state index in [0.717, 1.165) is 29.7 Å². The van der Waals surface area contributed by atoms with Gasteiger partial charge in [-0.15, -0.1) is 0 Å². The van der Waals surface area contributed by atoms with Crippen molar-refractivity contribution in [3.63, 3.8) is 0 Å². The van der Waals surface area contributed by atoms with E-state index >= 15 is 0 Å². The lowest BCUT2D eigenvalue weighted by atomic mass is 10.0. The third-order valence-electron chi connectivity index (χ3n) is 3.20. The first-order chi connectivity index (χ1) is 8.61. The van der Waals surface area contributed by atoms with E-state index in [1.165, 1.54) is 5.56 Å². The van der Waals surface area contributed by atoms with Gasteiger partial charge in [0.1, 0.15) is 0 Å². The van der Waals surface area contributed by atoms with Gasteiger partial charge in [-0.2, -0.15) is 0 Å². The van der Waals surface area contributed by atoms with Gasteiger partial charge < -0.3 is 11.1 Å². The molecule has 98 valence electrons. The number of anilines is 1. The lowest BCUT2D eigenvalue weighted by molar-refractivity contribution is 0.236. The second-order valence-corrected chi connectivity index (χ2v) is 5.55. The van der Waals surface area contributed by atoms with Crippen molar-refractivity contribution in [3.05, 3.63) is 28.2 Å². The van der Waals surface area contributed by atoms with Crippen molar-refractivity contribution in [1.82, 2.24) is 5.32 Å². The highest BCUT2D eigenvalue weighted by Crippen LogP contribution is 2.29. The fraction of sp³-hybridized carbons (Fsp3) is 0.462. The first-order valence-corrected chi connectivity index (χ1v) is 6.92. The number of hydrogen-bond acceptors (Lipinski definition) is 2. The van der Waals surface area contributed by atoms with Crippen molar-refractivity contribution in [2.45, 2.75) is 13.3 Å². The van der Waals surface area contributed by atoms with Gasteiger partial charge in [-0.1, -0.05) is 6.07 Å². The number of nitrogens with one attached hydrogen (secondary N) is 1. The van der Waals surface area contributed by atoms with Crippen LogP contribution in [0.5, 0.6) is 0 Å². The molecule has 1 aromatic carbocycles. The summed E-state index contributed by atoms with van der Waals surface area (Å²) in [6.45, 7) is 4.13. The van der Waals surface area contributed by atoms with Gasteiger partial charge >= 0.3 is 6.03 Å². The maximum absolute atomic E-state index is 11.9.